The van der Waals surface area contributed by atoms with Crippen molar-refractivity contribution in [1.29, 1.82) is 0 Å². The Kier molecular flexibility index (Phi) is 6.88. The second-order valence-corrected chi connectivity index (χ2v) is 8.50. The molecule has 1 heterocycles. The maximum absolute atomic E-state index is 12.2. The Morgan fingerprint density at radius 2 is 1.89 bits per heavy atom. The molecule has 0 radical (unpaired) electrons. The molecule has 1 aliphatic heterocycles. The summed E-state index contributed by atoms with van der Waals surface area (Å²) in [4.78, 5) is 24.3. The Morgan fingerprint density at radius 3 is 2.57 bits per heavy atom. The van der Waals surface area contributed by atoms with Gasteiger partial charge in [-0.15, -0.1) is 5.10 Å². The van der Waals surface area contributed by atoms with Crippen molar-refractivity contribution in [2.45, 2.75) is 18.6 Å². The highest BCUT2D eigenvalue weighted by atomic mass is 79.9. The first-order valence-corrected chi connectivity index (χ1v) is 10.4. The fraction of sp³-hybridized carbons (Fsp3) is 0.158. The number of hydrogen-bond donors (Lipinski definition) is 2. The standard InChI is InChI=1S/C19H16BrClN4O2S/c1-11(12-2-6-14(21)7-3-12)24-25-19-23-18(27)16(28-19)10-17(26)22-15-8-4-13(20)5-9-15/h2-9,16H,10H2,1H3,(H,22,26)(H,23,25,27)/b24-11-/t16-/m0/s1. The average Bonchev–Trinajstić information content (AvgIpc) is 3.01. The van der Waals surface area contributed by atoms with Crippen molar-refractivity contribution in [1.82, 2.24) is 5.32 Å². The van der Waals surface area contributed by atoms with Gasteiger partial charge in [-0.2, -0.15) is 5.10 Å². The molecule has 0 aromatic heterocycles. The maximum Gasteiger partial charge on any atom is 0.240 e. The molecule has 0 saturated carbocycles. The van der Waals surface area contributed by atoms with Gasteiger partial charge in [-0.05, 0) is 48.9 Å². The van der Waals surface area contributed by atoms with E-state index in [0.717, 1.165) is 10.0 Å². The number of carbonyl (C=O) groups excluding carboxylic acids is 2. The van der Waals surface area contributed by atoms with Crippen LogP contribution in [0.25, 0.3) is 0 Å². The summed E-state index contributed by atoms with van der Waals surface area (Å²) in [6.07, 6.45) is 0.0471. The van der Waals surface area contributed by atoms with E-state index in [1.807, 2.05) is 31.2 Å². The lowest BCUT2D eigenvalue weighted by Gasteiger charge is -2.07. The van der Waals surface area contributed by atoms with Crippen molar-refractivity contribution < 1.29 is 9.59 Å². The van der Waals surface area contributed by atoms with Gasteiger partial charge < -0.3 is 10.6 Å². The predicted octanol–water partition coefficient (Wildman–Crippen LogP) is 4.44. The second-order valence-electron chi connectivity index (χ2n) is 5.95. The highest BCUT2D eigenvalue weighted by Gasteiger charge is 2.32. The molecule has 1 atom stereocenters. The third-order valence-corrected chi connectivity index (χ3v) is 5.68. The van der Waals surface area contributed by atoms with E-state index in [0.29, 0.717) is 21.6 Å². The van der Waals surface area contributed by atoms with Gasteiger partial charge in [-0.25, -0.2) is 0 Å². The van der Waals surface area contributed by atoms with E-state index in [2.05, 4.69) is 36.8 Å². The molecule has 2 aromatic rings. The number of amides is 2. The fourth-order valence-electron chi connectivity index (χ4n) is 2.37. The summed E-state index contributed by atoms with van der Waals surface area (Å²) >= 11 is 10.4. The van der Waals surface area contributed by atoms with Gasteiger partial charge in [0.25, 0.3) is 0 Å². The molecule has 2 N–H and O–H groups in total. The van der Waals surface area contributed by atoms with E-state index < -0.39 is 5.25 Å². The smallest absolute Gasteiger partial charge is 0.240 e. The molecule has 1 fully saturated rings. The van der Waals surface area contributed by atoms with Gasteiger partial charge in [0.15, 0.2) is 5.17 Å². The third kappa shape index (κ3) is 5.67. The number of anilines is 1. The zero-order valence-electron chi connectivity index (χ0n) is 14.8. The summed E-state index contributed by atoms with van der Waals surface area (Å²) < 4.78 is 0.923. The molecule has 144 valence electrons. The van der Waals surface area contributed by atoms with E-state index in [4.69, 9.17) is 11.6 Å². The van der Waals surface area contributed by atoms with Crippen LogP contribution in [0.3, 0.4) is 0 Å². The van der Waals surface area contributed by atoms with Crippen LogP contribution in [0, 0.1) is 0 Å². The maximum atomic E-state index is 12.2. The summed E-state index contributed by atoms with van der Waals surface area (Å²) in [5.74, 6) is -0.494. The number of amidine groups is 1. The van der Waals surface area contributed by atoms with Crippen molar-refractivity contribution >= 4 is 67.7 Å². The molecule has 28 heavy (non-hydrogen) atoms. The number of carbonyl (C=O) groups is 2. The van der Waals surface area contributed by atoms with E-state index in [1.54, 1.807) is 24.3 Å². The lowest BCUT2D eigenvalue weighted by Crippen LogP contribution is -2.28. The van der Waals surface area contributed by atoms with Gasteiger partial charge in [0.05, 0.1) is 5.71 Å². The van der Waals surface area contributed by atoms with Gasteiger partial charge in [0.2, 0.25) is 11.8 Å². The van der Waals surface area contributed by atoms with E-state index >= 15 is 0 Å². The summed E-state index contributed by atoms with van der Waals surface area (Å²) in [5.41, 5.74) is 2.25. The van der Waals surface area contributed by atoms with Crippen LogP contribution in [0.1, 0.15) is 18.9 Å². The average molecular weight is 480 g/mol. The Bertz CT molecular complexity index is 945. The minimum Gasteiger partial charge on any atom is -0.326 e. The SMILES string of the molecule is C/C(=N/N=C1/NC(=O)[C@H](CC(=O)Nc2ccc(Br)cc2)S1)c1ccc(Cl)cc1. The number of benzene rings is 2. The minimum atomic E-state index is -0.541. The Hall–Kier alpha value is -2.16. The molecule has 2 aromatic carbocycles. The van der Waals surface area contributed by atoms with Crippen LogP contribution in [0.5, 0.6) is 0 Å². The number of thioether (sulfide) groups is 1. The zero-order chi connectivity index (χ0) is 20.1. The van der Waals surface area contributed by atoms with E-state index in [9.17, 15) is 9.59 Å². The van der Waals surface area contributed by atoms with Crippen molar-refractivity contribution in [3.63, 3.8) is 0 Å². The number of hydrogen-bond acceptors (Lipinski definition) is 5. The highest BCUT2D eigenvalue weighted by molar-refractivity contribution is 9.10. The van der Waals surface area contributed by atoms with Gasteiger partial charge in [-0.3, -0.25) is 9.59 Å². The lowest BCUT2D eigenvalue weighted by molar-refractivity contribution is -0.122. The summed E-state index contributed by atoms with van der Waals surface area (Å²) in [5, 5.41) is 14.2. The molecule has 2 amide bonds. The van der Waals surface area contributed by atoms with Crippen LogP contribution in [-0.4, -0.2) is 27.9 Å². The van der Waals surface area contributed by atoms with Crippen LogP contribution < -0.4 is 10.6 Å². The van der Waals surface area contributed by atoms with Crippen LogP contribution >= 0.6 is 39.3 Å². The topological polar surface area (TPSA) is 82.9 Å². The summed E-state index contributed by atoms with van der Waals surface area (Å²) in [7, 11) is 0. The van der Waals surface area contributed by atoms with Gasteiger partial charge in [0, 0.05) is 21.6 Å². The summed E-state index contributed by atoms with van der Waals surface area (Å²) in [6.45, 7) is 1.82. The van der Waals surface area contributed by atoms with Crippen molar-refractivity contribution in [3.05, 3.63) is 63.6 Å². The Morgan fingerprint density at radius 1 is 1.21 bits per heavy atom. The Balaban J connectivity index is 1.58. The number of nitrogens with zero attached hydrogens (tertiary/aromatic N) is 2. The zero-order valence-corrected chi connectivity index (χ0v) is 17.9. The number of nitrogens with one attached hydrogen (secondary N) is 2. The second kappa shape index (κ2) is 9.36. The molecule has 6 nitrogen and oxygen atoms in total. The molecule has 0 spiro atoms. The molecule has 9 heteroatoms. The normalized spacial score (nSPS) is 18.2. The number of halogens is 2. The molecule has 0 bridgehead atoms. The number of rotatable bonds is 5. The first kappa shape index (κ1) is 20.6. The minimum absolute atomic E-state index is 0.0471. The van der Waals surface area contributed by atoms with Gasteiger partial charge >= 0.3 is 0 Å². The molecule has 1 saturated heterocycles. The molecule has 3 rings (SSSR count). The molecular formula is C19H16BrClN4O2S. The van der Waals surface area contributed by atoms with Crippen LogP contribution in [-0.2, 0) is 9.59 Å². The molecular weight excluding hydrogens is 464 g/mol. The van der Waals surface area contributed by atoms with Crippen molar-refractivity contribution in [3.8, 4) is 0 Å². The van der Waals surface area contributed by atoms with Gasteiger partial charge in [-0.1, -0.05) is 51.4 Å². The molecule has 0 aliphatic carbocycles. The van der Waals surface area contributed by atoms with Crippen LogP contribution in [0.4, 0.5) is 5.69 Å². The lowest BCUT2D eigenvalue weighted by atomic mass is 10.1. The van der Waals surface area contributed by atoms with E-state index in [-0.39, 0.29) is 18.2 Å². The first-order valence-electron chi connectivity index (χ1n) is 8.32. The van der Waals surface area contributed by atoms with Crippen molar-refractivity contribution in [2.24, 2.45) is 10.2 Å². The third-order valence-electron chi connectivity index (χ3n) is 3.83. The summed E-state index contributed by atoms with van der Waals surface area (Å²) in [6, 6.07) is 14.5. The van der Waals surface area contributed by atoms with Crippen molar-refractivity contribution in [2.75, 3.05) is 5.32 Å². The first-order chi connectivity index (χ1) is 13.4. The molecule has 1 aliphatic rings. The monoisotopic (exact) mass is 478 g/mol. The fourth-order valence-corrected chi connectivity index (χ4v) is 3.68. The molecule has 0 unspecified atom stereocenters. The predicted molar refractivity (Wildman–Crippen MR) is 118 cm³/mol. The largest absolute Gasteiger partial charge is 0.326 e. The van der Waals surface area contributed by atoms with Gasteiger partial charge in [0.1, 0.15) is 5.25 Å². The Labute approximate surface area is 180 Å². The van der Waals surface area contributed by atoms with Crippen LogP contribution in [0.2, 0.25) is 5.02 Å². The van der Waals surface area contributed by atoms with E-state index in [1.165, 1.54) is 11.8 Å². The highest BCUT2D eigenvalue weighted by Crippen LogP contribution is 2.23. The van der Waals surface area contributed by atoms with Crippen LogP contribution in [0.15, 0.2) is 63.2 Å². The quantitative estimate of drug-likeness (QED) is 0.491.